The zero-order chi connectivity index (χ0) is 10.6. The van der Waals surface area contributed by atoms with Crippen molar-refractivity contribution in [1.82, 2.24) is 0 Å². The summed E-state index contributed by atoms with van der Waals surface area (Å²) in [6.07, 6.45) is 0.490. The highest BCUT2D eigenvalue weighted by molar-refractivity contribution is 6.32. The summed E-state index contributed by atoms with van der Waals surface area (Å²) in [6.45, 7) is -0.523. The van der Waals surface area contributed by atoms with Gasteiger partial charge in [0.25, 0.3) is 0 Å². The highest BCUT2D eigenvalue weighted by Crippen LogP contribution is 2.25. The maximum Gasteiger partial charge on any atom is 0.137 e. The van der Waals surface area contributed by atoms with Gasteiger partial charge in [0.05, 0.1) is 12.1 Å². The molecule has 0 saturated heterocycles. The summed E-state index contributed by atoms with van der Waals surface area (Å²) >= 11 is 5.84. The monoisotopic (exact) mass is 217 g/mol. The van der Waals surface area contributed by atoms with Crippen LogP contribution in [0.15, 0.2) is 18.2 Å². The van der Waals surface area contributed by atoms with Gasteiger partial charge in [-0.3, -0.25) is 0 Å². The summed E-state index contributed by atoms with van der Waals surface area (Å²) in [7, 11) is 1.54. The first-order chi connectivity index (χ1) is 6.67. The maximum absolute atomic E-state index is 12.2. The van der Waals surface area contributed by atoms with Crippen molar-refractivity contribution < 1.29 is 9.13 Å². The molecule has 78 valence electrons. The van der Waals surface area contributed by atoms with E-state index in [4.69, 9.17) is 22.1 Å². The number of alkyl halides is 1. The lowest BCUT2D eigenvalue weighted by atomic mass is 10.1. The number of methoxy groups -OCH3 is 1. The Morgan fingerprint density at radius 1 is 1.57 bits per heavy atom. The van der Waals surface area contributed by atoms with Gasteiger partial charge in [-0.15, -0.1) is 0 Å². The molecule has 0 bridgehead atoms. The van der Waals surface area contributed by atoms with Crippen molar-refractivity contribution in [2.45, 2.75) is 12.5 Å². The van der Waals surface area contributed by atoms with Crippen LogP contribution in [0.5, 0.6) is 5.75 Å². The van der Waals surface area contributed by atoms with Crippen LogP contribution in [0.3, 0.4) is 0 Å². The molecular weight excluding hydrogens is 205 g/mol. The van der Waals surface area contributed by atoms with E-state index in [0.29, 0.717) is 17.2 Å². The standard InChI is InChI=1S/C10H13ClFNO/c1-14-10-5-7(2-3-9(10)11)4-8(13)6-12/h2-3,5,8H,4,6,13H2,1H3. The summed E-state index contributed by atoms with van der Waals surface area (Å²) in [5, 5.41) is 0.546. The van der Waals surface area contributed by atoms with E-state index in [1.807, 2.05) is 6.07 Å². The largest absolute Gasteiger partial charge is 0.495 e. The third kappa shape index (κ3) is 2.86. The fourth-order valence-electron chi connectivity index (χ4n) is 1.19. The second kappa shape index (κ2) is 5.17. The molecule has 1 atom stereocenters. The van der Waals surface area contributed by atoms with Gasteiger partial charge in [-0.1, -0.05) is 17.7 Å². The average Bonchev–Trinajstić information content (AvgIpc) is 2.20. The molecule has 2 nitrogen and oxygen atoms in total. The number of rotatable bonds is 4. The van der Waals surface area contributed by atoms with E-state index >= 15 is 0 Å². The zero-order valence-electron chi connectivity index (χ0n) is 7.97. The molecule has 0 fully saturated rings. The van der Waals surface area contributed by atoms with Crippen molar-refractivity contribution in [1.29, 1.82) is 0 Å². The molecule has 14 heavy (non-hydrogen) atoms. The molecule has 1 unspecified atom stereocenters. The van der Waals surface area contributed by atoms with Gasteiger partial charge in [0, 0.05) is 6.04 Å². The van der Waals surface area contributed by atoms with Gasteiger partial charge < -0.3 is 10.5 Å². The van der Waals surface area contributed by atoms with Crippen molar-refractivity contribution in [3.8, 4) is 5.75 Å². The first kappa shape index (κ1) is 11.3. The third-order valence-corrected chi connectivity index (χ3v) is 2.22. The van der Waals surface area contributed by atoms with Crippen LogP contribution in [0.1, 0.15) is 5.56 Å². The van der Waals surface area contributed by atoms with Crippen LogP contribution in [0.4, 0.5) is 4.39 Å². The number of nitrogens with two attached hydrogens (primary N) is 1. The second-order valence-corrected chi connectivity index (χ2v) is 3.49. The predicted molar refractivity (Wildman–Crippen MR) is 55.7 cm³/mol. The quantitative estimate of drug-likeness (QED) is 0.839. The predicted octanol–water partition coefficient (Wildman–Crippen LogP) is 2.19. The van der Waals surface area contributed by atoms with E-state index < -0.39 is 12.7 Å². The zero-order valence-corrected chi connectivity index (χ0v) is 8.72. The van der Waals surface area contributed by atoms with E-state index in [9.17, 15) is 4.39 Å². The van der Waals surface area contributed by atoms with Crippen molar-refractivity contribution in [2.24, 2.45) is 5.73 Å². The van der Waals surface area contributed by atoms with Crippen LogP contribution in [0.2, 0.25) is 5.02 Å². The molecule has 0 aromatic heterocycles. The molecule has 0 aliphatic rings. The minimum Gasteiger partial charge on any atom is -0.495 e. The summed E-state index contributed by atoms with van der Waals surface area (Å²) in [5.41, 5.74) is 6.41. The van der Waals surface area contributed by atoms with Gasteiger partial charge in [-0.2, -0.15) is 0 Å². The van der Waals surface area contributed by atoms with Crippen LogP contribution >= 0.6 is 11.6 Å². The number of hydrogen-bond acceptors (Lipinski definition) is 2. The van der Waals surface area contributed by atoms with E-state index in [1.165, 1.54) is 0 Å². The van der Waals surface area contributed by atoms with E-state index in [-0.39, 0.29) is 0 Å². The molecule has 0 radical (unpaired) electrons. The van der Waals surface area contributed by atoms with Crippen molar-refractivity contribution in [2.75, 3.05) is 13.8 Å². The summed E-state index contributed by atoms with van der Waals surface area (Å²) in [5.74, 6) is 0.593. The Bertz CT molecular complexity index is 306. The first-order valence-corrected chi connectivity index (χ1v) is 4.69. The van der Waals surface area contributed by atoms with Crippen LogP contribution in [0.25, 0.3) is 0 Å². The Morgan fingerprint density at radius 3 is 2.86 bits per heavy atom. The Labute approximate surface area is 87.8 Å². The molecule has 0 amide bonds. The highest BCUT2D eigenvalue weighted by atomic mass is 35.5. The Balaban J connectivity index is 2.79. The molecule has 0 aliphatic carbocycles. The minimum atomic E-state index is -0.523. The Morgan fingerprint density at radius 2 is 2.29 bits per heavy atom. The highest BCUT2D eigenvalue weighted by Gasteiger charge is 2.06. The normalized spacial score (nSPS) is 12.6. The number of halogens is 2. The molecule has 1 aromatic carbocycles. The van der Waals surface area contributed by atoms with Crippen LogP contribution in [0, 0.1) is 0 Å². The summed E-state index contributed by atoms with van der Waals surface area (Å²) in [4.78, 5) is 0. The van der Waals surface area contributed by atoms with Crippen LogP contribution < -0.4 is 10.5 Å². The molecule has 0 heterocycles. The molecule has 2 N–H and O–H groups in total. The molecule has 1 rings (SSSR count). The summed E-state index contributed by atoms with van der Waals surface area (Å²) < 4.78 is 17.2. The smallest absolute Gasteiger partial charge is 0.137 e. The number of ether oxygens (including phenoxy) is 1. The van der Waals surface area contributed by atoms with E-state index in [0.717, 1.165) is 5.56 Å². The van der Waals surface area contributed by atoms with Crippen molar-refractivity contribution in [3.63, 3.8) is 0 Å². The van der Waals surface area contributed by atoms with Crippen molar-refractivity contribution >= 4 is 11.6 Å². The summed E-state index contributed by atoms with van der Waals surface area (Å²) in [6, 6.07) is 4.86. The Kier molecular flexibility index (Phi) is 4.17. The van der Waals surface area contributed by atoms with Gasteiger partial charge in [0.2, 0.25) is 0 Å². The van der Waals surface area contributed by atoms with Gasteiger partial charge in [0.1, 0.15) is 12.4 Å². The molecule has 0 saturated carbocycles. The van der Waals surface area contributed by atoms with E-state index in [1.54, 1.807) is 19.2 Å². The SMILES string of the molecule is COc1cc(CC(N)CF)ccc1Cl. The molecule has 0 aliphatic heterocycles. The van der Waals surface area contributed by atoms with Gasteiger partial charge in [-0.25, -0.2) is 4.39 Å². The lowest BCUT2D eigenvalue weighted by molar-refractivity contribution is 0.411. The molecule has 4 heteroatoms. The van der Waals surface area contributed by atoms with Crippen LogP contribution in [-0.4, -0.2) is 19.8 Å². The Hall–Kier alpha value is -0.800. The minimum absolute atomic E-state index is 0.458. The fraction of sp³-hybridized carbons (Fsp3) is 0.400. The van der Waals surface area contributed by atoms with Crippen molar-refractivity contribution in [3.05, 3.63) is 28.8 Å². The van der Waals surface area contributed by atoms with Crippen LogP contribution in [-0.2, 0) is 6.42 Å². The number of benzene rings is 1. The second-order valence-electron chi connectivity index (χ2n) is 3.09. The van der Waals surface area contributed by atoms with Gasteiger partial charge in [0.15, 0.2) is 0 Å². The topological polar surface area (TPSA) is 35.2 Å². The van der Waals surface area contributed by atoms with Gasteiger partial charge in [-0.05, 0) is 24.1 Å². The first-order valence-electron chi connectivity index (χ1n) is 4.31. The lowest BCUT2D eigenvalue weighted by Gasteiger charge is -2.09. The maximum atomic E-state index is 12.2. The average molecular weight is 218 g/mol. The lowest BCUT2D eigenvalue weighted by Crippen LogP contribution is -2.24. The van der Waals surface area contributed by atoms with Gasteiger partial charge >= 0.3 is 0 Å². The molecule has 1 aromatic rings. The molecule has 0 spiro atoms. The van der Waals surface area contributed by atoms with E-state index in [2.05, 4.69) is 0 Å². The molecular formula is C10H13ClFNO. The number of hydrogen-bond donors (Lipinski definition) is 1. The third-order valence-electron chi connectivity index (χ3n) is 1.91. The fourth-order valence-corrected chi connectivity index (χ4v) is 1.38.